The van der Waals surface area contributed by atoms with Crippen molar-refractivity contribution in [3.8, 4) is 16.9 Å². The van der Waals surface area contributed by atoms with Crippen LogP contribution in [0.1, 0.15) is 65.3 Å². The molecule has 2 N–H and O–H groups in total. The van der Waals surface area contributed by atoms with E-state index in [0.29, 0.717) is 41.6 Å². The Morgan fingerprint density at radius 2 is 1.55 bits per heavy atom. The number of benzene rings is 3. The van der Waals surface area contributed by atoms with Gasteiger partial charge in [-0.1, -0.05) is 49.7 Å². The number of amides is 1. The lowest BCUT2D eigenvalue weighted by Crippen LogP contribution is -2.33. The van der Waals surface area contributed by atoms with Gasteiger partial charge in [0.25, 0.3) is 5.91 Å². The van der Waals surface area contributed by atoms with Crippen LogP contribution in [0.4, 0.5) is 26.3 Å². The van der Waals surface area contributed by atoms with Gasteiger partial charge >= 0.3 is 12.4 Å². The Kier molecular flexibility index (Phi) is 10.0. The Hall–Kier alpha value is -4.35. The molecule has 0 saturated carbocycles. The molecule has 0 bridgehead atoms. The average Bonchev–Trinajstić information content (AvgIpc) is 3.39. The SMILES string of the molecule is CCCC(CCCC(=O)c1ccc(-c2ccc(C(F)(F)F)cc2)cc1)Cn1cc2c(O)c(C(=O)NCC(F)(F)F)ccc2n1. The van der Waals surface area contributed by atoms with Gasteiger partial charge in [-0.2, -0.15) is 31.4 Å². The van der Waals surface area contributed by atoms with Crippen molar-refractivity contribution in [2.75, 3.05) is 6.54 Å². The van der Waals surface area contributed by atoms with Gasteiger partial charge in [0.1, 0.15) is 12.3 Å². The predicted molar refractivity (Wildman–Crippen MR) is 153 cm³/mol. The lowest BCUT2D eigenvalue weighted by molar-refractivity contribution is -0.137. The van der Waals surface area contributed by atoms with Crippen molar-refractivity contribution in [3.05, 3.63) is 83.6 Å². The van der Waals surface area contributed by atoms with Crippen LogP contribution in [0.2, 0.25) is 0 Å². The molecule has 0 spiro atoms. The largest absolute Gasteiger partial charge is 0.506 e. The fraction of sp³-hybridized carbons (Fsp3) is 0.344. The molecule has 0 radical (unpaired) electrons. The number of phenols is 1. The number of nitrogens with zero attached hydrogens (tertiary/aromatic N) is 2. The highest BCUT2D eigenvalue weighted by molar-refractivity contribution is 6.02. The minimum atomic E-state index is -4.58. The number of fused-ring (bicyclic) bond motifs is 1. The zero-order valence-corrected chi connectivity index (χ0v) is 23.8. The highest BCUT2D eigenvalue weighted by Gasteiger charge is 2.30. The fourth-order valence-corrected chi connectivity index (χ4v) is 5.08. The summed E-state index contributed by atoms with van der Waals surface area (Å²) in [7, 11) is 0. The summed E-state index contributed by atoms with van der Waals surface area (Å²) in [6.45, 7) is 0.999. The average molecular weight is 620 g/mol. The highest BCUT2D eigenvalue weighted by Crippen LogP contribution is 2.32. The molecule has 3 aromatic carbocycles. The minimum absolute atomic E-state index is 0.0507. The number of hydrogen-bond acceptors (Lipinski definition) is 4. The molecule has 1 aromatic heterocycles. The van der Waals surface area contributed by atoms with E-state index in [9.17, 15) is 41.0 Å². The van der Waals surface area contributed by atoms with Gasteiger partial charge in [0.2, 0.25) is 0 Å². The second-order valence-electron chi connectivity index (χ2n) is 10.7. The Bertz CT molecular complexity index is 1590. The zero-order valence-electron chi connectivity index (χ0n) is 23.8. The molecule has 0 aliphatic heterocycles. The Morgan fingerprint density at radius 1 is 0.909 bits per heavy atom. The first-order valence-corrected chi connectivity index (χ1v) is 14.1. The van der Waals surface area contributed by atoms with Crippen molar-refractivity contribution in [1.82, 2.24) is 15.1 Å². The summed E-state index contributed by atoms with van der Waals surface area (Å²) < 4.78 is 77.5. The lowest BCUT2D eigenvalue weighted by Gasteiger charge is -2.16. The molecule has 4 aromatic rings. The van der Waals surface area contributed by atoms with Gasteiger partial charge in [-0.25, -0.2) is 0 Å². The molecule has 1 amide bonds. The lowest BCUT2D eigenvalue weighted by atomic mass is 9.94. The van der Waals surface area contributed by atoms with E-state index >= 15 is 0 Å². The van der Waals surface area contributed by atoms with E-state index in [1.165, 1.54) is 24.3 Å². The van der Waals surface area contributed by atoms with Crippen LogP contribution in [-0.4, -0.2) is 39.3 Å². The van der Waals surface area contributed by atoms with E-state index in [4.69, 9.17) is 0 Å². The van der Waals surface area contributed by atoms with Gasteiger partial charge in [0.15, 0.2) is 5.78 Å². The van der Waals surface area contributed by atoms with Crippen LogP contribution in [0.3, 0.4) is 0 Å². The minimum Gasteiger partial charge on any atom is -0.506 e. The van der Waals surface area contributed by atoms with E-state index < -0.39 is 36.1 Å². The summed E-state index contributed by atoms with van der Waals surface area (Å²) in [6.07, 6.45) is -4.06. The summed E-state index contributed by atoms with van der Waals surface area (Å²) >= 11 is 0. The van der Waals surface area contributed by atoms with Gasteiger partial charge in [-0.15, -0.1) is 0 Å². The molecule has 1 unspecified atom stereocenters. The van der Waals surface area contributed by atoms with Gasteiger partial charge < -0.3 is 10.4 Å². The normalized spacial score (nSPS) is 12.8. The molecule has 0 aliphatic rings. The van der Waals surface area contributed by atoms with Crippen LogP contribution in [0.15, 0.2) is 66.9 Å². The molecule has 1 atom stereocenters. The smallest absolute Gasteiger partial charge is 0.416 e. The highest BCUT2D eigenvalue weighted by atomic mass is 19.4. The third-order valence-electron chi connectivity index (χ3n) is 7.31. The molecule has 234 valence electrons. The maximum Gasteiger partial charge on any atom is 0.416 e. The second-order valence-corrected chi connectivity index (χ2v) is 10.7. The van der Waals surface area contributed by atoms with Crippen molar-refractivity contribution in [2.45, 2.75) is 57.9 Å². The van der Waals surface area contributed by atoms with Crippen molar-refractivity contribution in [1.29, 1.82) is 0 Å². The van der Waals surface area contributed by atoms with E-state index in [1.54, 1.807) is 40.5 Å². The summed E-state index contributed by atoms with van der Waals surface area (Å²) in [6, 6.07) is 14.3. The first kappa shape index (κ1) is 32.6. The number of ketones is 1. The number of nitrogens with one attached hydrogen (secondary N) is 1. The van der Waals surface area contributed by atoms with E-state index in [1.807, 2.05) is 6.92 Å². The third kappa shape index (κ3) is 8.39. The molecule has 4 rings (SSSR count). The molecule has 0 fully saturated rings. The van der Waals surface area contributed by atoms with Crippen molar-refractivity contribution in [3.63, 3.8) is 0 Å². The zero-order chi connectivity index (χ0) is 32.1. The number of aromatic nitrogens is 2. The van der Waals surface area contributed by atoms with Crippen LogP contribution in [0, 0.1) is 5.92 Å². The number of Topliss-reactive ketones (excluding diaryl/α,β-unsaturated/α-hetero) is 1. The van der Waals surface area contributed by atoms with E-state index in [2.05, 4.69) is 5.10 Å². The number of aromatic hydroxyl groups is 1. The number of rotatable bonds is 12. The summed E-state index contributed by atoms with van der Waals surface area (Å²) in [5.41, 5.74) is 1.20. The van der Waals surface area contributed by atoms with Gasteiger partial charge in [-0.3, -0.25) is 14.3 Å². The van der Waals surface area contributed by atoms with Gasteiger partial charge in [-0.05, 0) is 60.6 Å². The first-order valence-electron chi connectivity index (χ1n) is 14.1. The molecule has 0 saturated heterocycles. The third-order valence-corrected chi connectivity index (χ3v) is 7.31. The number of carbonyl (C=O) groups excluding carboxylic acids is 2. The molecule has 44 heavy (non-hydrogen) atoms. The molecule has 1 heterocycles. The Labute approximate surface area is 249 Å². The maximum atomic E-state index is 12.8. The van der Waals surface area contributed by atoms with E-state index in [0.717, 1.165) is 31.4 Å². The topological polar surface area (TPSA) is 84.2 Å². The fourth-order valence-electron chi connectivity index (χ4n) is 5.08. The van der Waals surface area contributed by atoms with Crippen LogP contribution in [0.25, 0.3) is 22.0 Å². The van der Waals surface area contributed by atoms with Crippen molar-refractivity contribution >= 4 is 22.6 Å². The summed E-state index contributed by atoms with van der Waals surface area (Å²) in [5, 5.41) is 17.0. The number of phenolic OH excluding ortho intramolecular Hbond substituents is 1. The molecule has 12 heteroatoms. The molecular weight excluding hydrogens is 588 g/mol. The van der Waals surface area contributed by atoms with E-state index in [-0.39, 0.29) is 22.7 Å². The first-order chi connectivity index (χ1) is 20.7. The van der Waals surface area contributed by atoms with Gasteiger partial charge in [0.05, 0.1) is 22.0 Å². The number of alkyl halides is 6. The number of carbonyl (C=O) groups is 2. The van der Waals surface area contributed by atoms with Crippen LogP contribution >= 0.6 is 0 Å². The van der Waals surface area contributed by atoms with Gasteiger partial charge in [0, 0.05) is 24.7 Å². The second kappa shape index (κ2) is 13.5. The quantitative estimate of drug-likeness (QED) is 0.124. The predicted octanol–water partition coefficient (Wildman–Crippen LogP) is 8.19. The monoisotopic (exact) mass is 619 g/mol. The van der Waals surface area contributed by atoms with Crippen LogP contribution in [-0.2, 0) is 12.7 Å². The summed E-state index contributed by atoms with van der Waals surface area (Å²) in [4.78, 5) is 25.0. The Balaban J connectivity index is 1.34. The number of hydrogen-bond donors (Lipinski definition) is 2. The molecule has 0 aliphatic carbocycles. The standard InChI is InChI=1S/C32H31F6N3O3/c1-2-4-20(17-41-18-26-27(40-41)16-15-25(29(26)43)30(44)39-19-31(33,34)35)5-3-6-28(42)23-9-7-21(8-10-23)22-11-13-24(14-12-22)32(36,37)38/h7-16,18,20,43H,2-6,17,19H2,1H3,(H,39,44). The summed E-state index contributed by atoms with van der Waals surface area (Å²) in [5.74, 6) is -1.39. The molecule has 6 nitrogen and oxygen atoms in total. The van der Waals surface area contributed by atoms with Crippen molar-refractivity contribution in [2.24, 2.45) is 5.92 Å². The number of halogens is 6. The Morgan fingerprint density at radius 3 is 2.14 bits per heavy atom. The van der Waals surface area contributed by atoms with Crippen molar-refractivity contribution < 1.29 is 41.0 Å². The van der Waals surface area contributed by atoms with Crippen LogP contribution in [0.5, 0.6) is 5.75 Å². The maximum absolute atomic E-state index is 12.8. The molecular formula is C32H31F6N3O3. The van der Waals surface area contributed by atoms with Crippen LogP contribution < -0.4 is 5.32 Å².